The van der Waals surface area contributed by atoms with Crippen LogP contribution >= 0.6 is 0 Å². The van der Waals surface area contributed by atoms with E-state index in [2.05, 4.69) is 76.5 Å². The predicted molar refractivity (Wildman–Crippen MR) is 229 cm³/mol. The molecule has 318 valence electrons. The monoisotopic (exact) mass is 810 g/mol. The highest BCUT2D eigenvalue weighted by Crippen LogP contribution is 2.69. The first-order valence-electron chi connectivity index (χ1n) is 21.0. The number of ether oxygens (including phenoxy) is 5. The van der Waals surface area contributed by atoms with Gasteiger partial charge in [-0.2, -0.15) is 0 Å². The van der Waals surface area contributed by atoms with E-state index in [1.165, 1.54) is 12.7 Å². The maximum atomic E-state index is 15.5. The molecular weight excluding hydrogens is 749 g/mol. The van der Waals surface area contributed by atoms with E-state index < -0.39 is 40.3 Å². The van der Waals surface area contributed by atoms with Crippen LogP contribution in [-0.2, 0) is 25.5 Å². The Morgan fingerprint density at radius 1 is 1.05 bits per heavy atom. The summed E-state index contributed by atoms with van der Waals surface area (Å²) in [6.45, 7) is 21.5. The molecule has 2 aromatic rings. The molecule has 5 heterocycles. The van der Waals surface area contributed by atoms with Crippen molar-refractivity contribution in [1.82, 2.24) is 14.9 Å². The van der Waals surface area contributed by atoms with Gasteiger partial charge < -0.3 is 44.0 Å². The molecule has 4 aliphatic heterocycles. The van der Waals surface area contributed by atoms with E-state index in [1.807, 2.05) is 31.5 Å². The zero-order valence-electron chi connectivity index (χ0n) is 36.6. The first kappa shape index (κ1) is 42.5. The van der Waals surface area contributed by atoms with E-state index in [4.69, 9.17) is 28.7 Å². The summed E-state index contributed by atoms with van der Waals surface area (Å²) in [6, 6.07) is -0.468. The van der Waals surface area contributed by atoms with Gasteiger partial charge in [0, 0.05) is 60.4 Å². The quantitative estimate of drug-likeness (QED) is 0.0749. The maximum Gasteiger partial charge on any atom is 0.333 e. The molecule has 0 bridgehead atoms. The van der Waals surface area contributed by atoms with Gasteiger partial charge >= 0.3 is 5.97 Å². The van der Waals surface area contributed by atoms with Crippen LogP contribution in [0.1, 0.15) is 111 Å². The number of rotatable bonds is 14. The number of carbonyl (C=O) groups excluding carboxylic acids is 2. The summed E-state index contributed by atoms with van der Waals surface area (Å²) in [5, 5.41) is 16.5. The third kappa shape index (κ3) is 6.85. The van der Waals surface area contributed by atoms with Crippen molar-refractivity contribution in [3.05, 3.63) is 75.7 Å². The molecule has 6 atom stereocenters. The molecule has 12 nitrogen and oxygen atoms in total. The number of allylic oxidation sites excluding steroid dienone is 4. The molecule has 7 rings (SSSR count). The summed E-state index contributed by atoms with van der Waals surface area (Å²) in [7, 11) is 1.35. The second kappa shape index (κ2) is 15.7. The summed E-state index contributed by atoms with van der Waals surface area (Å²) in [4.78, 5) is 33.1. The number of methoxy groups -OCH3 is 1. The number of aliphatic hydroxyl groups is 1. The highest BCUT2D eigenvalue weighted by molar-refractivity contribution is 6.01. The minimum Gasteiger partial charge on any atom is -0.491 e. The van der Waals surface area contributed by atoms with Crippen LogP contribution in [0.3, 0.4) is 0 Å². The van der Waals surface area contributed by atoms with Crippen LogP contribution in [-0.4, -0.2) is 82.2 Å². The van der Waals surface area contributed by atoms with Crippen molar-refractivity contribution < 1.29 is 38.4 Å². The van der Waals surface area contributed by atoms with Crippen LogP contribution in [0.2, 0.25) is 0 Å². The average Bonchev–Trinajstić information content (AvgIpc) is 3.72. The van der Waals surface area contributed by atoms with Crippen LogP contribution in [0.15, 0.2) is 59.0 Å². The second-order valence-electron chi connectivity index (χ2n) is 18.0. The Morgan fingerprint density at radius 2 is 1.80 bits per heavy atom. The summed E-state index contributed by atoms with van der Waals surface area (Å²) >= 11 is 0. The first-order chi connectivity index (χ1) is 28.0. The number of anilines is 1. The molecule has 0 amide bonds. The van der Waals surface area contributed by atoms with Gasteiger partial charge in [0.1, 0.15) is 29.5 Å². The molecule has 5 aliphatic rings. The van der Waals surface area contributed by atoms with E-state index in [-0.39, 0.29) is 24.7 Å². The predicted octanol–water partition coefficient (Wildman–Crippen LogP) is 7.68. The van der Waals surface area contributed by atoms with E-state index >= 15 is 4.79 Å². The zero-order chi connectivity index (χ0) is 42.7. The Kier molecular flexibility index (Phi) is 11.3. The van der Waals surface area contributed by atoms with Gasteiger partial charge in [-0.05, 0) is 86.8 Å². The average molecular weight is 811 g/mol. The fourth-order valence-corrected chi connectivity index (χ4v) is 9.81. The maximum absolute atomic E-state index is 15.5. The molecule has 1 spiro atoms. The van der Waals surface area contributed by atoms with Crippen molar-refractivity contribution in [2.45, 2.75) is 123 Å². The number of nitrogens with zero attached hydrogens (tertiary/aromatic N) is 2. The number of hydrogen-bond acceptors (Lipinski definition) is 11. The lowest BCUT2D eigenvalue weighted by molar-refractivity contribution is -0.176. The van der Waals surface area contributed by atoms with Crippen LogP contribution in [0.4, 0.5) is 5.95 Å². The fourth-order valence-electron chi connectivity index (χ4n) is 9.81. The molecule has 1 aliphatic carbocycles. The van der Waals surface area contributed by atoms with Gasteiger partial charge in [-0.15, -0.1) is 0 Å². The van der Waals surface area contributed by atoms with Gasteiger partial charge in [0.15, 0.2) is 17.0 Å². The van der Waals surface area contributed by atoms with Crippen LogP contribution in [0.5, 0.6) is 17.2 Å². The summed E-state index contributed by atoms with van der Waals surface area (Å²) in [6.07, 6.45) is 16.2. The Bertz CT molecular complexity index is 2190. The van der Waals surface area contributed by atoms with Gasteiger partial charge in [-0.1, -0.05) is 43.2 Å². The normalized spacial score (nSPS) is 28.2. The first-order valence-corrected chi connectivity index (χ1v) is 21.0. The molecule has 59 heavy (non-hydrogen) atoms. The highest BCUT2D eigenvalue weighted by atomic mass is 16.6. The number of imidazole rings is 1. The number of esters is 1. The molecule has 2 fully saturated rings. The highest BCUT2D eigenvalue weighted by Gasteiger charge is 2.79. The van der Waals surface area contributed by atoms with Crippen molar-refractivity contribution in [2.24, 2.45) is 11.8 Å². The van der Waals surface area contributed by atoms with Gasteiger partial charge in [-0.3, -0.25) is 4.79 Å². The number of Topliss-reactive ketones (excluding diaryl/α,β-unsaturated/α-hetero) is 1. The van der Waals surface area contributed by atoms with Crippen LogP contribution in [0.25, 0.3) is 11.8 Å². The molecular formula is C47H62N4O8. The Labute approximate surface area is 348 Å². The number of aromatic nitrogens is 2. The molecule has 1 aromatic heterocycles. The molecule has 1 saturated heterocycles. The second-order valence-corrected chi connectivity index (χ2v) is 18.0. The Morgan fingerprint density at radius 3 is 2.49 bits per heavy atom. The largest absolute Gasteiger partial charge is 0.491 e. The number of fused-ring (bicyclic) bond motifs is 5. The zero-order valence-corrected chi connectivity index (χ0v) is 36.6. The van der Waals surface area contributed by atoms with Crippen LogP contribution < -0.4 is 24.8 Å². The topological polar surface area (TPSA) is 142 Å². The third-order valence-electron chi connectivity index (χ3n) is 13.0. The third-order valence-corrected chi connectivity index (χ3v) is 13.0. The summed E-state index contributed by atoms with van der Waals surface area (Å²) in [5.74, 6) is 0.897. The van der Waals surface area contributed by atoms with Crippen LogP contribution in [0, 0.1) is 11.8 Å². The van der Waals surface area contributed by atoms with Gasteiger partial charge in [-0.25, -0.2) is 9.78 Å². The molecule has 6 unspecified atom stereocenters. The molecule has 3 N–H and O–H groups in total. The minimum absolute atomic E-state index is 0.0134. The van der Waals surface area contributed by atoms with Crippen molar-refractivity contribution in [1.29, 1.82) is 0 Å². The van der Waals surface area contributed by atoms with E-state index in [0.717, 1.165) is 46.4 Å². The molecule has 1 saturated carbocycles. The standard InChI is InChI=1S/C47H62N4O8/c1-27(2)13-12-18-45(10)19-17-33-38(57-45)32(15-14-28(3)4)40-34(39(33)56-26-23-48-22-25-52)36-35-37(51-24-21-49-43(51)50-36)30(6)41(53)46(20-16-29(5)42(54)55-11)47(35,58-40)31(7)44(8,9)59-46/h13-14,16-17,19,21,24,30-31,37,48,52H,12,15,18,20,22-23,25-26H2,1-11H3,(H,49,50)/b29-16-. The SMILES string of the molecule is COC(=O)/C(C)=C\CC12OC(C)(C)C(C)C13Oc1c(CC=C(C)C)c4c(c(OCCNCCO)c1C1=C3C(C(C)C2=O)n2ccnc2N1)C=CC(C)(CCC=C(C)C)O4. The number of benzene rings is 1. The van der Waals surface area contributed by atoms with E-state index in [9.17, 15) is 9.90 Å². The summed E-state index contributed by atoms with van der Waals surface area (Å²) < 4.78 is 36.3. The number of aliphatic hydroxyl groups excluding tert-OH is 1. The van der Waals surface area contributed by atoms with Gasteiger partial charge in [0.25, 0.3) is 0 Å². The molecule has 0 radical (unpaired) electrons. The smallest absolute Gasteiger partial charge is 0.333 e. The van der Waals surface area contributed by atoms with Gasteiger partial charge in [0.2, 0.25) is 5.95 Å². The van der Waals surface area contributed by atoms with Crippen molar-refractivity contribution in [3.8, 4) is 17.2 Å². The van der Waals surface area contributed by atoms with Crippen molar-refractivity contribution in [2.75, 3.05) is 38.7 Å². The Balaban J connectivity index is 1.57. The lowest BCUT2D eigenvalue weighted by atomic mass is 9.55. The Hall–Kier alpha value is -4.65. The van der Waals surface area contributed by atoms with E-state index in [1.54, 1.807) is 19.2 Å². The molecule has 12 heteroatoms. The summed E-state index contributed by atoms with van der Waals surface area (Å²) in [5.41, 5.74) is 2.40. The fraction of sp³-hybridized carbons (Fsp3) is 0.553. The number of ketones is 1. The number of hydrogen-bond donors (Lipinski definition) is 3. The van der Waals surface area contributed by atoms with E-state index in [0.29, 0.717) is 54.9 Å². The lowest BCUT2D eigenvalue weighted by Crippen LogP contribution is -2.70. The molecule has 1 aromatic carbocycles. The van der Waals surface area contributed by atoms with Gasteiger partial charge in [0.05, 0.1) is 42.2 Å². The van der Waals surface area contributed by atoms with Crippen molar-refractivity contribution in [3.63, 3.8) is 0 Å². The minimum atomic E-state index is -1.54. The number of nitrogens with one attached hydrogen (secondary N) is 2. The lowest BCUT2D eigenvalue weighted by Gasteiger charge is -2.57. The van der Waals surface area contributed by atoms with Crippen molar-refractivity contribution >= 4 is 29.5 Å². The number of carbonyl (C=O) groups is 2.